The summed E-state index contributed by atoms with van der Waals surface area (Å²) in [6, 6.07) is 8.33. The first-order valence-electron chi connectivity index (χ1n) is 7.09. The average molecular weight is 268 g/mol. The van der Waals surface area contributed by atoms with Crippen LogP contribution in [0.25, 0.3) is 0 Å². The SMILES string of the molecule is CCCCC(CNCC(C)C)c1ccc(Cl)cc1. The van der Waals surface area contributed by atoms with E-state index < -0.39 is 0 Å². The summed E-state index contributed by atoms with van der Waals surface area (Å²) < 4.78 is 0. The fourth-order valence-corrected chi connectivity index (χ4v) is 2.24. The molecule has 0 aliphatic carbocycles. The zero-order valence-corrected chi connectivity index (χ0v) is 12.6. The number of hydrogen-bond donors (Lipinski definition) is 1. The van der Waals surface area contributed by atoms with Crippen LogP contribution in [0.4, 0.5) is 0 Å². The largest absolute Gasteiger partial charge is 0.316 e. The van der Waals surface area contributed by atoms with Crippen LogP contribution in [0.2, 0.25) is 5.02 Å². The lowest BCUT2D eigenvalue weighted by Gasteiger charge is -2.19. The van der Waals surface area contributed by atoms with Gasteiger partial charge in [0.25, 0.3) is 0 Å². The Labute approximate surface area is 117 Å². The van der Waals surface area contributed by atoms with Crippen molar-refractivity contribution in [2.75, 3.05) is 13.1 Å². The molecule has 0 spiro atoms. The van der Waals surface area contributed by atoms with Gasteiger partial charge in [-0.15, -0.1) is 0 Å². The van der Waals surface area contributed by atoms with Gasteiger partial charge in [0, 0.05) is 11.6 Å². The van der Waals surface area contributed by atoms with Crippen molar-refractivity contribution in [1.82, 2.24) is 5.32 Å². The van der Waals surface area contributed by atoms with Gasteiger partial charge in [-0.25, -0.2) is 0 Å². The standard InChI is InChI=1S/C16H26ClN/c1-4-5-6-15(12-18-11-13(2)3)14-7-9-16(17)10-8-14/h7-10,13,15,18H,4-6,11-12H2,1-3H3. The fourth-order valence-electron chi connectivity index (χ4n) is 2.12. The minimum Gasteiger partial charge on any atom is -0.316 e. The molecule has 0 fully saturated rings. The van der Waals surface area contributed by atoms with Crippen LogP contribution in [-0.2, 0) is 0 Å². The van der Waals surface area contributed by atoms with E-state index in [2.05, 4.69) is 38.2 Å². The molecule has 0 saturated carbocycles. The smallest absolute Gasteiger partial charge is 0.0406 e. The molecule has 0 amide bonds. The molecule has 0 radical (unpaired) electrons. The van der Waals surface area contributed by atoms with Gasteiger partial charge in [0.2, 0.25) is 0 Å². The van der Waals surface area contributed by atoms with E-state index in [9.17, 15) is 0 Å². The van der Waals surface area contributed by atoms with E-state index in [4.69, 9.17) is 11.6 Å². The molecule has 1 N–H and O–H groups in total. The summed E-state index contributed by atoms with van der Waals surface area (Å²) >= 11 is 5.95. The first-order valence-corrected chi connectivity index (χ1v) is 7.47. The molecule has 1 nitrogen and oxygen atoms in total. The molecule has 18 heavy (non-hydrogen) atoms. The van der Waals surface area contributed by atoms with Crippen molar-refractivity contribution in [3.63, 3.8) is 0 Å². The molecule has 1 atom stereocenters. The Hall–Kier alpha value is -0.530. The highest BCUT2D eigenvalue weighted by Gasteiger charge is 2.10. The van der Waals surface area contributed by atoms with Crippen LogP contribution in [0.1, 0.15) is 51.5 Å². The number of hydrogen-bond acceptors (Lipinski definition) is 1. The summed E-state index contributed by atoms with van der Waals surface area (Å²) in [7, 11) is 0. The van der Waals surface area contributed by atoms with Crippen molar-refractivity contribution < 1.29 is 0 Å². The van der Waals surface area contributed by atoms with Gasteiger partial charge in [-0.3, -0.25) is 0 Å². The molecule has 0 aromatic heterocycles. The Morgan fingerprint density at radius 2 is 1.78 bits per heavy atom. The second-order valence-electron chi connectivity index (χ2n) is 5.44. The summed E-state index contributed by atoms with van der Waals surface area (Å²) in [5, 5.41) is 4.40. The Morgan fingerprint density at radius 3 is 2.33 bits per heavy atom. The van der Waals surface area contributed by atoms with Crippen LogP contribution in [0, 0.1) is 5.92 Å². The lowest BCUT2D eigenvalue weighted by atomic mass is 9.93. The summed E-state index contributed by atoms with van der Waals surface area (Å²) in [4.78, 5) is 0. The topological polar surface area (TPSA) is 12.0 Å². The first-order chi connectivity index (χ1) is 8.63. The quantitative estimate of drug-likeness (QED) is 0.709. The van der Waals surface area contributed by atoms with Gasteiger partial charge in [0.15, 0.2) is 0 Å². The Morgan fingerprint density at radius 1 is 1.11 bits per heavy atom. The minimum atomic E-state index is 0.612. The maximum absolute atomic E-state index is 5.95. The van der Waals surface area contributed by atoms with Crippen molar-refractivity contribution in [2.24, 2.45) is 5.92 Å². The molecule has 1 rings (SSSR count). The predicted molar refractivity (Wildman–Crippen MR) is 81.4 cm³/mol. The monoisotopic (exact) mass is 267 g/mol. The molecule has 0 heterocycles. The number of halogens is 1. The van der Waals surface area contributed by atoms with Gasteiger partial charge < -0.3 is 5.32 Å². The van der Waals surface area contributed by atoms with Crippen LogP contribution in [0.15, 0.2) is 24.3 Å². The van der Waals surface area contributed by atoms with E-state index in [1.54, 1.807) is 0 Å². The van der Waals surface area contributed by atoms with Crippen LogP contribution in [0.3, 0.4) is 0 Å². The van der Waals surface area contributed by atoms with Crippen molar-refractivity contribution in [3.05, 3.63) is 34.9 Å². The summed E-state index contributed by atoms with van der Waals surface area (Å²) in [5.74, 6) is 1.32. The highest BCUT2D eigenvalue weighted by Crippen LogP contribution is 2.23. The number of rotatable bonds is 8. The maximum atomic E-state index is 5.95. The van der Waals surface area contributed by atoms with E-state index in [-0.39, 0.29) is 0 Å². The lowest BCUT2D eigenvalue weighted by molar-refractivity contribution is 0.490. The Balaban J connectivity index is 2.56. The van der Waals surface area contributed by atoms with Crippen LogP contribution < -0.4 is 5.32 Å². The third kappa shape index (κ3) is 5.88. The summed E-state index contributed by atoms with van der Waals surface area (Å²) in [6.07, 6.45) is 3.80. The van der Waals surface area contributed by atoms with E-state index >= 15 is 0 Å². The molecule has 1 unspecified atom stereocenters. The van der Waals surface area contributed by atoms with Crippen molar-refractivity contribution in [3.8, 4) is 0 Å². The van der Waals surface area contributed by atoms with E-state index in [0.29, 0.717) is 11.8 Å². The van der Waals surface area contributed by atoms with Gasteiger partial charge in [-0.1, -0.05) is 57.3 Å². The lowest BCUT2D eigenvalue weighted by Crippen LogP contribution is -2.25. The Kier molecular flexibility index (Phi) is 7.38. The van der Waals surface area contributed by atoms with Gasteiger partial charge in [-0.2, -0.15) is 0 Å². The maximum Gasteiger partial charge on any atom is 0.0406 e. The fraction of sp³-hybridized carbons (Fsp3) is 0.625. The molecular formula is C16H26ClN. The van der Waals surface area contributed by atoms with Gasteiger partial charge in [0.05, 0.1) is 0 Å². The summed E-state index contributed by atoms with van der Waals surface area (Å²) in [5.41, 5.74) is 1.41. The number of nitrogens with one attached hydrogen (secondary N) is 1. The zero-order valence-electron chi connectivity index (χ0n) is 11.9. The molecule has 1 aromatic carbocycles. The van der Waals surface area contributed by atoms with Crippen LogP contribution in [0.5, 0.6) is 0 Å². The average Bonchev–Trinajstić information content (AvgIpc) is 2.34. The molecule has 0 aliphatic heterocycles. The van der Waals surface area contributed by atoms with Gasteiger partial charge in [0.1, 0.15) is 0 Å². The highest BCUT2D eigenvalue weighted by atomic mass is 35.5. The normalized spacial score (nSPS) is 12.9. The molecule has 102 valence electrons. The molecular weight excluding hydrogens is 242 g/mol. The van der Waals surface area contributed by atoms with Crippen molar-refractivity contribution >= 4 is 11.6 Å². The minimum absolute atomic E-state index is 0.612. The highest BCUT2D eigenvalue weighted by molar-refractivity contribution is 6.30. The second kappa shape index (κ2) is 8.55. The molecule has 0 bridgehead atoms. The van der Waals surface area contributed by atoms with Gasteiger partial charge >= 0.3 is 0 Å². The zero-order chi connectivity index (χ0) is 13.4. The van der Waals surface area contributed by atoms with E-state index in [1.165, 1.54) is 24.8 Å². The summed E-state index contributed by atoms with van der Waals surface area (Å²) in [6.45, 7) is 8.91. The third-order valence-corrected chi connectivity index (χ3v) is 3.44. The third-order valence-electron chi connectivity index (χ3n) is 3.19. The molecule has 0 saturated heterocycles. The number of unbranched alkanes of at least 4 members (excludes halogenated alkanes) is 1. The molecule has 2 heteroatoms. The molecule has 0 aliphatic rings. The van der Waals surface area contributed by atoms with E-state index in [0.717, 1.165) is 18.1 Å². The van der Waals surface area contributed by atoms with Crippen molar-refractivity contribution in [2.45, 2.75) is 46.0 Å². The number of benzene rings is 1. The predicted octanol–water partition coefficient (Wildman–Crippen LogP) is 4.86. The first kappa shape index (κ1) is 15.5. The van der Waals surface area contributed by atoms with E-state index in [1.807, 2.05) is 12.1 Å². The Bertz CT molecular complexity index is 318. The van der Waals surface area contributed by atoms with Gasteiger partial charge in [-0.05, 0) is 42.5 Å². The second-order valence-corrected chi connectivity index (χ2v) is 5.88. The van der Waals surface area contributed by atoms with Crippen molar-refractivity contribution in [1.29, 1.82) is 0 Å². The van der Waals surface area contributed by atoms with Crippen LogP contribution in [-0.4, -0.2) is 13.1 Å². The van der Waals surface area contributed by atoms with Crippen LogP contribution >= 0.6 is 11.6 Å². The molecule has 1 aromatic rings.